The number of methoxy groups -OCH3 is 1. The largest absolute Gasteiger partial charge is 0.493 e. The molecule has 3 aromatic rings. The fourth-order valence-electron chi connectivity index (χ4n) is 7.03. The van der Waals surface area contributed by atoms with Crippen LogP contribution in [0.4, 0.5) is 4.39 Å². The molecule has 2 heterocycles. The monoisotopic (exact) mass is 637 g/mol. The number of carbonyl (C=O) groups is 1. The highest BCUT2D eigenvalue weighted by Gasteiger charge is 2.32. The molecule has 0 N–H and O–H groups in total. The minimum atomic E-state index is -3.15. The summed E-state index contributed by atoms with van der Waals surface area (Å²) in [6.07, 6.45) is 4.00. The quantitative estimate of drug-likeness (QED) is 0.256. The zero-order valence-electron chi connectivity index (χ0n) is 26.2. The van der Waals surface area contributed by atoms with Gasteiger partial charge in [0.25, 0.3) is 0 Å². The maximum Gasteiger partial charge on any atom is 0.306 e. The number of carbonyl (C=O) groups excluding carboxylic acids is 1. The second-order valence-corrected chi connectivity index (χ2v) is 14.5. The van der Waals surface area contributed by atoms with Crippen LogP contribution in [0.3, 0.4) is 0 Å². The smallest absolute Gasteiger partial charge is 0.306 e. The van der Waals surface area contributed by atoms with Gasteiger partial charge in [0.15, 0.2) is 0 Å². The predicted molar refractivity (Wildman–Crippen MR) is 169 cm³/mol. The zero-order valence-corrected chi connectivity index (χ0v) is 27.0. The highest BCUT2D eigenvalue weighted by Crippen LogP contribution is 2.45. The first-order chi connectivity index (χ1) is 21.5. The Hall–Kier alpha value is -3.63. The van der Waals surface area contributed by atoms with Crippen molar-refractivity contribution in [1.29, 1.82) is 0 Å². The van der Waals surface area contributed by atoms with Crippen molar-refractivity contribution in [3.8, 4) is 28.4 Å². The topological polar surface area (TPSA) is 91.4 Å². The summed E-state index contributed by atoms with van der Waals surface area (Å²) in [7, 11) is -1.77. The number of ether oxygens (including phenoxy) is 4. The minimum absolute atomic E-state index is 0.0582. The first kappa shape index (κ1) is 31.4. The number of rotatable bonds is 9. The van der Waals surface area contributed by atoms with E-state index in [1.54, 1.807) is 0 Å². The van der Waals surface area contributed by atoms with Crippen molar-refractivity contribution in [2.24, 2.45) is 5.92 Å². The lowest BCUT2D eigenvalue weighted by Crippen LogP contribution is -2.39. The molecule has 0 aromatic heterocycles. The highest BCUT2D eigenvalue weighted by molar-refractivity contribution is 7.88. The lowest BCUT2D eigenvalue weighted by molar-refractivity contribution is -0.141. The van der Waals surface area contributed by atoms with Crippen molar-refractivity contribution in [1.82, 2.24) is 4.31 Å². The molecule has 2 aliphatic heterocycles. The molecule has 1 fully saturated rings. The van der Waals surface area contributed by atoms with Crippen LogP contribution in [-0.4, -0.2) is 58.4 Å². The fraction of sp³-hybridized carbons (Fsp3) is 0.457. The Morgan fingerprint density at radius 1 is 1.02 bits per heavy atom. The van der Waals surface area contributed by atoms with Crippen molar-refractivity contribution < 1.29 is 36.6 Å². The molecule has 6 rings (SSSR count). The van der Waals surface area contributed by atoms with E-state index < -0.39 is 16.1 Å². The van der Waals surface area contributed by atoms with E-state index in [-0.39, 0.29) is 24.1 Å². The van der Waals surface area contributed by atoms with Crippen molar-refractivity contribution in [3.05, 3.63) is 76.1 Å². The fourth-order valence-corrected chi connectivity index (χ4v) is 7.90. The number of halogens is 1. The summed E-state index contributed by atoms with van der Waals surface area (Å²) in [6.45, 7) is 6.11. The lowest BCUT2D eigenvalue weighted by atomic mass is 9.90. The number of aryl methyl sites for hydroxylation is 2. The molecular weight excluding hydrogens is 597 g/mol. The summed E-state index contributed by atoms with van der Waals surface area (Å²) in [5.74, 6) is 1.77. The van der Waals surface area contributed by atoms with Gasteiger partial charge in [0.05, 0.1) is 33.0 Å². The van der Waals surface area contributed by atoms with Crippen molar-refractivity contribution in [2.75, 3.05) is 39.7 Å². The molecule has 0 spiro atoms. The van der Waals surface area contributed by atoms with E-state index in [9.17, 15) is 13.2 Å². The van der Waals surface area contributed by atoms with Crippen molar-refractivity contribution in [3.63, 3.8) is 0 Å². The van der Waals surface area contributed by atoms with Crippen molar-refractivity contribution in [2.45, 2.75) is 58.0 Å². The van der Waals surface area contributed by atoms with Crippen molar-refractivity contribution >= 4 is 16.0 Å². The van der Waals surface area contributed by atoms with Gasteiger partial charge < -0.3 is 18.9 Å². The number of hydrogen-bond acceptors (Lipinski definition) is 7. The van der Waals surface area contributed by atoms with Gasteiger partial charge in [0.2, 0.25) is 10.0 Å². The summed E-state index contributed by atoms with van der Waals surface area (Å²) in [5.41, 5.74) is 6.69. The third-order valence-corrected chi connectivity index (χ3v) is 10.7. The van der Waals surface area contributed by atoms with Gasteiger partial charge in [-0.1, -0.05) is 12.1 Å². The molecule has 0 bridgehead atoms. The standard InChI is InChI=1S/C35H40FNO7S/c1-21-15-26(42-19-23-11-13-37(14-12-23)45(4,39)40)16-22(2)34(21)28-7-9-30(36)35-29(28)8-10-31(35)44-25-5-6-27-24(17-33(38)41-3)20-43-32(27)18-25/h5-7,9,15-16,18,23-24,31H,8,10-14,17,19-20H2,1-4H3/t24-,31-/m1/s1. The maximum atomic E-state index is 15.4. The molecule has 2 atom stereocenters. The number of piperidine rings is 1. The Morgan fingerprint density at radius 3 is 2.44 bits per heavy atom. The number of hydrogen-bond donors (Lipinski definition) is 0. The molecule has 1 aliphatic carbocycles. The molecule has 1 saturated heterocycles. The van der Waals surface area contributed by atoms with Gasteiger partial charge in [0, 0.05) is 36.2 Å². The van der Waals surface area contributed by atoms with Gasteiger partial charge >= 0.3 is 5.97 Å². The van der Waals surface area contributed by atoms with Crippen LogP contribution in [0.5, 0.6) is 17.2 Å². The first-order valence-corrected chi connectivity index (χ1v) is 17.4. The second-order valence-electron chi connectivity index (χ2n) is 12.5. The van der Waals surface area contributed by atoms with E-state index in [0.717, 1.165) is 52.0 Å². The molecule has 3 aromatic carbocycles. The van der Waals surface area contributed by atoms with Crippen LogP contribution in [0, 0.1) is 25.6 Å². The first-order valence-electron chi connectivity index (χ1n) is 15.5. The summed E-state index contributed by atoms with van der Waals surface area (Å²) in [5, 5.41) is 0. The number of esters is 1. The van der Waals surface area contributed by atoms with Crippen LogP contribution in [0.1, 0.15) is 65.5 Å². The Balaban J connectivity index is 1.17. The van der Waals surface area contributed by atoms with E-state index in [4.69, 9.17) is 18.9 Å². The average molecular weight is 638 g/mol. The third kappa shape index (κ3) is 6.53. The third-order valence-electron chi connectivity index (χ3n) is 9.37. The summed E-state index contributed by atoms with van der Waals surface area (Å²) < 4.78 is 63.8. The highest BCUT2D eigenvalue weighted by atomic mass is 32.2. The van der Waals surface area contributed by atoms with E-state index in [2.05, 4.69) is 13.8 Å². The molecule has 10 heteroatoms. The lowest BCUT2D eigenvalue weighted by Gasteiger charge is -2.30. The van der Waals surface area contributed by atoms with Gasteiger partial charge in [0.1, 0.15) is 29.2 Å². The molecule has 45 heavy (non-hydrogen) atoms. The molecule has 0 unspecified atom stereocenters. The van der Waals surface area contributed by atoms with Gasteiger partial charge in [-0.3, -0.25) is 4.79 Å². The zero-order chi connectivity index (χ0) is 31.9. The molecule has 240 valence electrons. The maximum absolute atomic E-state index is 15.4. The molecule has 8 nitrogen and oxygen atoms in total. The summed E-state index contributed by atoms with van der Waals surface area (Å²) in [4.78, 5) is 11.8. The van der Waals surface area contributed by atoms with Crippen LogP contribution in [-0.2, 0) is 26.0 Å². The van der Waals surface area contributed by atoms with E-state index >= 15 is 4.39 Å². The predicted octanol–water partition coefficient (Wildman–Crippen LogP) is 6.27. The van der Waals surface area contributed by atoms with Gasteiger partial charge in [-0.15, -0.1) is 0 Å². The minimum Gasteiger partial charge on any atom is -0.493 e. The molecule has 3 aliphatic rings. The van der Waals surface area contributed by atoms with E-state index in [1.807, 2.05) is 36.4 Å². The van der Waals surface area contributed by atoms with Crippen LogP contribution in [0.2, 0.25) is 0 Å². The molecular formula is C35H40FNO7S. The van der Waals surface area contributed by atoms with E-state index in [1.165, 1.54) is 23.7 Å². The second kappa shape index (κ2) is 12.6. The van der Waals surface area contributed by atoms with Crippen LogP contribution < -0.4 is 14.2 Å². The van der Waals surface area contributed by atoms with Crippen LogP contribution in [0.15, 0.2) is 42.5 Å². The Kier molecular flexibility index (Phi) is 8.81. The van der Waals surface area contributed by atoms with Gasteiger partial charge in [-0.05, 0) is 97.5 Å². The van der Waals surface area contributed by atoms with Gasteiger partial charge in [-0.2, -0.15) is 0 Å². The Bertz CT molecular complexity index is 1690. The average Bonchev–Trinajstić information content (AvgIpc) is 3.61. The normalized spacial score (nSPS) is 19.9. The number of sulfonamides is 1. The summed E-state index contributed by atoms with van der Waals surface area (Å²) in [6, 6.07) is 13.1. The Morgan fingerprint density at radius 2 is 1.76 bits per heavy atom. The number of nitrogens with zero attached hydrogens (tertiary/aromatic N) is 1. The number of fused-ring (bicyclic) bond motifs is 2. The summed E-state index contributed by atoms with van der Waals surface area (Å²) >= 11 is 0. The molecule has 0 amide bonds. The molecule has 0 saturated carbocycles. The SMILES string of the molecule is COC(=O)C[C@@H]1COc2cc(O[C@@H]3CCc4c(-c5c(C)cc(OCC6CCN(S(C)(=O)=O)CC6)cc5C)ccc(F)c43)ccc21. The number of benzene rings is 3. The molecule has 0 radical (unpaired) electrons. The van der Waals surface area contributed by atoms with Crippen LogP contribution >= 0.6 is 0 Å². The van der Waals surface area contributed by atoms with Crippen LogP contribution in [0.25, 0.3) is 11.1 Å². The van der Waals surface area contributed by atoms with Gasteiger partial charge in [-0.25, -0.2) is 17.1 Å². The Labute approximate surface area is 264 Å². The van der Waals surface area contributed by atoms with E-state index in [0.29, 0.717) is 62.1 Å².